The summed E-state index contributed by atoms with van der Waals surface area (Å²) in [6, 6.07) is 6.26. The minimum Gasteiger partial charge on any atom is -0.310 e. The van der Waals surface area contributed by atoms with Gasteiger partial charge < -0.3 is 5.32 Å². The van der Waals surface area contributed by atoms with Crippen LogP contribution in [0.5, 0.6) is 0 Å². The Hall–Kier alpha value is -0.910. The van der Waals surface area contributed by atoms with Crippen LogP contribution in [0, 0.1) is 0 Å². The first-order valence-electron chi connectivity index (χ1n) is 7.80. The van der Waals surface area contributed by atoms with E-state index in [1.54, 1.807) is 0 Å². The molecule has 1 fully saturated rings. The molecular formula is C16H26N2O2S. The molecule has 0 aromatic heterocycles. The van der Waals surface area contributed by atoms with Crippen molar-refractivity contribution in [2.24, 2.45) is 0 Å². The van der Waals surface area contributed by atoms with Crippen LogP contribution < -0.4 is 10.0 Å². The van der Waals surface area contributed by atoms with Gasteiger partial charge >= 0.3 is 0 Å². The molecular weight excluding hydrogens is 284 g/mol. The summed E-state index contributed by atoms with van der Waals surface area (Å²) >= 11 is 0. The lowest BCUT2D eigenvalue weighted by molar-refractivity contribution is 0.383. The van der Waals surface area contributed by atoms with Gasteiger partial charge in [0, 0.05) is 18.6 Å². The van der Waals surface area contributed by atoms with Crippen molar-refractivity contribution in [1.29, 1.82) is 0 Å². The Balaban J connectivity index is 2.23. The zero-order valence-electron chi connectivity index (χ0n) is 13.1. The molecule has 0 aliphatic heterocycles. The Kier molecular flexibility index (Phi) is 5.41. The average Bonchev–Trinajstić information content (AvgIpc) is 2.40. The summed E-state index contributed by atoms with van der Waals surface area (Å²) in [5, 5.41) is 3.33. The zero-order valence-corrected chi connectivity index (χ0v) is 14.0. The molecule has 1 aliphatic rings. The molecule has 1 saturated carbocycles. The largest absolute Gasteiger partial charge is 0.310 e. The van der Waals surface area contributed by atoms with Gasteiger partial charge in [-0.25, -0.2) is 13.1 Å². The molecule has 0 atom stereocenters. The second kappa shape index (κ2) is 6.90. The molecule has 1 aromatic rings. The van der Waals surface area contributed by atoms with Crippen molar-refractivity contribution < 1.29 is 8.42 Å². The summed E-state index contributed by atoms with van der Waals surface area (Å²) in [6.07, 6.45) is 3.75. The zero-order chi connectivity index (χ0) is 15.5. The third kappa shape index (κ3) is 4.28. The summed E-state index contributed by atoms with van der Waals surface area (Å²) < 4.78 is 28.0. The van der Waals surface area contributed by atoms with Gasteiger partial charge in [-0.15, -0.1) is 0 Å². The van der Waals surface area contributed by atoms with Gasteiger partial charge in [0.05, 0.1) is 4.90 Å². The highest BCUT2D eigenvalue weighted by molar-refractivity contribution is 7.89. The molecule has 2 rings (SSSR count). The summed E-state index contributed by atoms with van der Waals surface area (Å²) in [6.45, 7) is 6.84. The van der Waals surface area contributed by atoms with Crippen LogP contribution in [0.1, 0.15) is 51.2 Å². The normalized spacial score (nSPS) is 16.2. The Morgan fingerprint density at radius 1 is 1.29 bits per heavy atom. The van der Waals surface area contributed by atoms with Gasteiger partial charge in [0.1, 0.15) is 0 Å². The standard InChI is InChI=1S/C16H26N2O2S/c1-4-14-9-8-13(11-17-12(2)3)10-16(14)21(19,20)18-15-6-5-7-15/h8-10,12,15,17-18H,4-7,11H2,1-3H3. The number of hydrogen-bond acceptors (Lipinski definition) is 3. The molecule has 0 bridgehead atoms. The van der Waals surface area contributed by atoms with Crippen LogP contribution in [0.3, 0.4) is 0 Å². The maximum Gasteiger partial charge on any atom is 0.241 e. The van der Waals surface area contributed by atoms with Crippen molar-refractivity contribution in [3.05, 3.63) is 29.3 Å². The average molecular weight is 310 g/mol. The third-order valence-corrected chi connectivity index (χ3v) is 5.55. The first kappa shape index (κ1) is 16.5. The van der Waals surface area contributed by atoms with E-state index in [1.807, 2.05) is 25.1 Å². The Labute approximate surface area is 128 Å². The van der Waals surface area contributed by atoms with E-state index in [4.69, 9.17) is 0 Å². The molecule has 4 nitrogen and oxygen atoms in total. The Morgan fingerprint density at radius 2 is 2.00 bits per heavy atom. The number of benzene rings is 1. The molecule has 0 spiro atoms. The summed E-state index contributed by atoms with van der Waals surface area (Å²) in [5.74, 6) is 0. The molecule has 1 aromatic carbocycles. The molecule has 118 valence electrons. The molecule has 5 heteroatoms. The molecule has 0 amide bonds. The molecule has 0 unspecified atom stereocenters. The van der Waals surface area contributed by atoms with E-state index in [0.29, 0.717) is 17.5 Å². The minimum absolute atomic E-state index is 0.122. The minimum atomic E-state index is -3.40. The smallest absolute Gasteiger partial charge is 0.241 e. The lowest BCUT2D eigenvalue weighted by atomic mass is 9.94. The van der Waals surface area contributed by atoms with Gasteiger partial charge in [-0.05, 0) is 36.5 Å². The van der Waals surface area contributed by atoms with Crippen molar-refractivity contribution in [2.75, 3.05) is 0 Å². The van der Waals surface area contributed by atoms with E-state index in [2.05, 4.69) is 23.9 Å². The number of hydrogen-bond donors (Lipinski definition) is 2. The van der Waals surface area contributed by atoms with E-state index in [9.17, 15) is 8.42 Å². The maximum absolute atomic E-state index is 12.6. The highest BCUT2D eigenvalue weighted by atomic mass is 32.2. The van der Waals surface area contributed by atoms with Crippen LogP contribution >= 0.6 is 0 Å². The predicted octanol–water partition coefficient (Wildman–Crippen LogP) is 2.58. The molecule has 0 heterocycles. The Bertz CT molecular complexity index is 578. The van der Waals surface area contributed by atoms with Gasteiger partial charge in [-0.3, -0.25) is 0 Å². The quantitative estimate of drug-likeness (QED) is 0.814. The fraction of sp³-hybridized carbons (Fsp3) is 0.625. The summed E-state index contributed by atoms with van der Waals surface area (Å²) in [5.41, 5.74) is 1.89. The van der Waals surface area contributed by atoms with E-state index in [1.165, 1.54) is 0 Å². The van der Waals surface area contributed by atoms with Crippen LogP contribution in [-0.2, 0) is 23.0 Å². The molecule has 0 radical (unpaired) electrons. The van der Waals surface area contributed by atoms with Gasteiger partial charge in [0.15, 0.2) is 0 Å². The number of aryl methyl sites for hydroxylation is 1. The van der Waals surface area contributed by atoms with Crippen molar-refractivity contribution in [3.63, 3.8) is 0 Å². The lowest BCUT2D eigenvalue weighted by Crippen LogP contribution is -2.39. The number of sulfonamides is 1. The van der Waals surface area contributed by atoms with Crippen molar-refractivity contribution in [1.82, 2.24) is 10.0 Å². The van der Waals surface area contributed by atoms with E-state index in [-0.39, 0.29) is 6.04 Å². The molecule has 0 saturated heterocycles. The SMILES string of the molecule is CCc1ccc(CNC(C)C)cc1S(=O)(=O)NC1CCC1. The summed E-state index contributed by atoms with van der Waals surface area (Å²) in [7, 11) is -3.40. The highest BCUT2D eigenvalue weighted by Crippen LogP contribution is 2.24. The van der Waals surface area contributed by atoms with E-state index >= 15 is 0 Å². The second-order valence-corrected chi connectivity index (χ2v) is 7.76. The van der Waals surface area contributed by atoms with Gasteiger partial charge in [0.2, 0.25) is 10.0 Å². The number of rotatable bonds is 7. The first-order chi connectivity index (χ1) is 9.92. The molecule has 21 heavy (non-hydrogen) atoms. The fourth-order valence-corrected chi connectivity index (χ4v) is 4.05. The van der Waals surface area contributed by atoms with Gasteiger partial charge in [-0.2, -0.15) is 0 Å². The highest BCUT2D eigenvalue weighted by Gasteiger charge is 2.26. The third-order valence-electron chi connectivity index (χ3n) is 3.94. The molecule has 1 aliphatic carbocycles. The van der Waals surface area contributed by atoms with E-state index in [0.717, 1.165) is 36.8 Å². The van der Waals surface area contributed by atoms with Gasteiger partial charge in [0.25, 0.3) is 0 Å². The monoisotopic (exact) mass is 310 g/mol. The van der Waals surface area contributed by atoms with Crippen molar-refractivity contribution >= 4 is 10.0 Å². The second-order valence-electron chi connectivity index (χ2n) is 6.08. The van der Waals surface area contributed by atoms with Crippen LogP contribution in [-0.4, -0.2) is 20.5 Å². The topological polar surface area (TPSA) is 58.2 Å². The van der Waals surface area contributed by atoms with Crippen molar-refractivity contribution in [2.45, 2.75) is 70.0 Å². The first-order valence-corrected chi connectivity index (χ1v) is 9.28. The maximum atomic E-state index is 12.6. The van der Waals surface area contributed by atoms with E-state index < -0.39 is 10.0 Å². The fourth-order valence-electron chi connectivity index (χ4n) is 2.38. The number of nitrogens with one attached hydrogen (secondary N) is 2. The van der Waals surface area contributed by atoms with Crippen LogP contribution in [0.2, 0.25) is 0 Å². The van der Waals surface area contributed by atoms with Crippen molar-refractivity contribution in [3.8, 4) is 0 Å². The predicted molar refractivity (Wildman–Crippen MR) is 85.8 cm³/mol. The van der Waals surface area contributed by atoms with Gasteiger partial charge in [-0.1, -0.05) is 39.3 Å². The molecule has 2 N–H and O–H groups in total. The van der Waals surface area contributed by atoms with Crippen LogP contribution in [0.25, 0.3) is 0 Å². The van der Waals surface area contributed by atoms with Crippen LogP contribution in [0.15, 0.2) is 23.1 Å². The Morgan fingerprint density at radius 3 is 2.52 bits per heavy atom. The van der Waals surface area contributed by atoms with Crippen LogP contribution in [0.4, 0.5) is 0 Å². The summed E-state index contributed by atoms with van der Waals surface area (Å²) in [4.78, 5) is 0.444. The lowest BCUT2D eigenvalue weighted by Gasteiger charge is -2.26.